The number of rotatable bonds is 3. The molecule has 1 aliphatic carbocycles. The zero-order chi connectivity index (χ0) is 32.7. The molecule has 1 aliphatic rings. The smallest absolute Gasteiger partial charge is 0.0970 e. The quantitative estimate of drug-likeness (QED) is 0.183. The molecule has 0 atom stereocenters. The van der Waals surface area contributed by atoms with E-state index < -0.39 is 0 Å². The highest BCUT2D eigenvalue weighted by molar-refractivity contribution is 6.16. The van der Waals surface area contributed by atoms with Crippen LogP contribution in [0.25, 0.3) is 88.1 Å². The van der Waals surface area contributed by atoms with E-state index in [2.05, 4.69) is 146 Å². The first-order valence-corrected chi connectivity index (χ1v) is 16.9. The Morgan fingerprint density at radius 2 is 1.20 bits per heavy atom. The van der Waals surface area contributed by atoms with Crippen molar-refractivity contribution in [2.24, 2.45) is 0 Å². The Bertz CT molecular complexity index is 2790. The molecule has 9 aromatic rings. The summed E-state index contributed by atoms with van der Waals surface area (Å²) in [6.45, 7) is 4.70. The van der Waals surface area contributed by atoms with Crippen LogP contribution in [0, 0.1) is 0 Å². The average Bonchev–Trinajstić information content (AvgIpc) is 3.39. The Kier molecular flexibility index (Phi) is 5.92. The van der Waals surface area contributed by atoms with Crippen LogP contribution in [-0.2, 0) is 5.41 Å². The van der Waals surface area contributed by atoms with Crippen molar-refractivity contribution in [1.82, 2.24) is 15.0 Å². The Morgan fingerprint density at radius 3 is 2.10 bits per heavy atom. The van der Waals surface area contributed by atoms with Crippen molar-refractivity contribution in [3.63, 3.8) is 0 Å². The molecule has 0 N–H and O–H groups in total. The number of hydrogen-bond acceptors (Lipinski definition) is 3. The minimum atomic E-state index is -0.195. The molecule has 3 nitrogen and oxygen atoms in total. The van der Waals surface area contributed by atoms with Gasteiger partial charge in [0.25, 0.3) is 0 Å². The summed E-state index contributed by atoms with van der Waals surface area (Å²) in [6, 6.07) is 50.4. The standard InChI is InChI=1S/C46H31N3/c1-46(2)38-17-6-5-15-36(38)44-42(46)40(41-34-14-4-3-10-29(34)22-23-39(41)49-44)30-20-18-28(19-21-30)31-11-7-12-32(26-31)37-27-33-13-8-24-47-43(33)45-35(37)16-9-25-48-45/h3-27H,1-2H3. The molecule has 0 saturated heterocycles. The fraction of sp³-hybridized carbons (Fsp3) is 0.0652. The van der Waals surface area contributed by atoms with Crippen molar-refractivity contribution in [1.29, 1.82) is 0 Å². The molecule has 0 amide bonds. The van der Waals surface area contributed by atoms with Crippen LogP contribution in [0.5, 0.6) is 0 Å². The summed E-state index contributed by atoms with van der Waals surface area (Å²) in [4.78, 5) is 14.8. The molecule has 0 aliphatic heterocycles. The molecule has 0 bridgehead atoms. The van der Waals surface area contributed by atoms with Crippen LogP contribution >= 0.6 is 0 Å². The molecule has 6 aromatic carbocycles. The lowest BCUT2D eigenvalue weighted by atomic mass is 9.78. The van der Waals surface area contributed by atoms with Gasteiger partial charge in [-0.25, -0.2) is 4.98 Å². The third kappa shape index (κ3) is 4.12. The SMILES string of the molecule is CC1(C)c2ccccc2-c2nc3ccc4ccccc4c3c(-c3ccc(-c4cccc(-c5cc6cccnc6c6ncccc56)c4)cc3)c21. The van der Waals surface area contributed by atoms with Crippen LogP contribution in [0.15, 0.2) is 152 Å². The molecule has 0 radical (unpaired) electrons. The van der Waals surface area contributed by atoms with Crippen LogP contribution in [0.1, 0.15) is 25.0 Å². The second-order valence-electron chi connectivity index (χ2n) is 13.6. The fourth-order valence-electron chi connectivity index (χ4n) is 8.21. The van der Waals surface area contributed by atoms with Crippen LogP contribution in [0.4, 0.5) is 0 Å². The topological polar surface area (TPSA) is 38.7 Å². The second kappa shape index (κ2) is 10.4. The van der Waals surface area contributed by atoms with Crippen molar-refractivity contribution in [2.75, 3.05) is 0 Å². The first kappa shape index (κ1) is 27.9. The third-order valence-corrected chi connectivity index (χ3v) is 10.5. The summed E-state index contributed by atoms with van der Waals surface area (Å²) in [5.74, 6) is 0. The summed E-state index contributed by atoms with van der Waals surface area (Å²) < 4.78 is 0. The van der Waals surface area contributed by atoms with Crippen molar-refractivity contribution in [2.45, 2.75) is 19.3 Å². The molecule has 3 heteroatoms. The largest absolute Gasteiger partial charge is 0.254 e. The highest BCUT2D eigenvalue weighted by Crippen LogP contribution is 2.54. The van der Waals surface area contributed by atoms with Gasteiger partial charge in [0.05, 0.1) is 22.2 Å². The summed E-state index contributed by atoms with van der Waals surface area (Å²) >= 11 is 0. The fourth-order valence-corrected chi connectivity index (χ4v) is 8.21. The van der Waals surface area contributed by atoms with Gasteiger partial charge in [-0.1, -0.05) is 123 Å². The maximum atomic E-state index is 5.36. The van der Waals surface area contributed by atoms with E-state index in [4.69, 9.17) is 9.97 Å². The molecule has 3 aromatic heterocycles. The van der Waals surface area contributed by atoms with E-state index in [-0.39, 0.29) is 5.41 Å². The molecular formula is C46H31N3. The van der Waals surface area contributed by atoms with E-state index in [1.54, 1.807) is 0 Å². The van der Waals surface area contributed by atoms with Crippen molar-refractivity contribution in [3.8, 4) is 44.6 Å². The van der Waals surface area contributed by atoms with E-state index in [1.807, 2.05) is 24.5 Å². The van der Waals surface area contributed by atoms with Gasteiger partial charge in [-0.3, -0.25) is 9.97 Å². The number of pyridine rings is 3. The molecule has 3 heterocycles. The van der Waals surface area contributed by atoms with E-state index in [0.29, 0.717) is 0 Å². The van der Waals surface area contributed by atoms with Crippen LogP contribution < -0.4 is 0 Å². The van der Waals surface area contributed by atoms with Gasteiger partial charge < -0.3 is 0 Å². The van der Waals surface area contributed by atoms with Gasteiger partial charge in [0.2, 0.25) is 0 Å². The summed E-state index contributed by atoms with van der Waals surface area (Å²) in [7, 11) is 0. The zero-order valence-electron chi connectivity index (χ0n) is 27.3. The van der Waals surface area contributed by atoms with E-state index >= 15 is 0 Å². The van der Waals surface area contributed by atoms with E-state index in [9.17, 15) is 0 Å². The Morgan fingerprint density at radius 1 is 0.490 bits per heavy atom. The van der Waals surface area contributed by atoms with Crippen LogP contribution in [-0.4, -0.2) is 15.0 Å². The lowest BCUT2D eigenvalue weighted by Crippen LogP contribution is -2.16. The molecule has 0 fully saturated rings. The Hall–Kier alpha value is -6.19. The third-order valence-electron chi connectivity index (χ3n) is 10.5. The predicted octanol–water partition coefficient (Wildman–Crippen LogP) is 11.8. The molecule has 10 rings (SSSR count). The minimum Gasteiger partial charge on any atom is -0.254 e. The molecular weight excluding hydrogens is 595 g/mol. The molecule has 49 heavy (non-hydrogen) atoms. The summed E-state index contributed by atoms with van der Waals surface area (Å²) in [5.41, 5.74) is 14.8. The normalized spacial score (nSPS) is 13.3. The summed E-state index contributed by atoms with van der Waals surface area (Å²) in [5, 5.41) is 5.88. The lowest BCUT2D eigenvalue weighted by molar-refractivity contribution is 0.662. The van der Waals surface area contributed by atoms with Gasteiger partial charge in [0.1, 0.15) is 0 Å². The van der Waals surface area contributed by atoms with Gasteiger partial charge >= 0.3 is 0 Å². The average molecular weight is 626 g/mol. The molecule has 230 valence electrons. The van der Waals surface area contributed by atoms with Gasteiger partial charge in [-0.05, 0) is 85.6 Å². The van der Waals surface area contributed by atoms with Gasteiger partial charge in [0.15, 0.2) is 0 Å². The Labute approximate surface area is 284 Å². The highest BCUT2D eigenvalue weighted by atomic mass is 14.7. The predicted molar refractivity (Wildman–Crippen MR) is 204 cm³/mol. The minimum absolute atomic E-state index is 0.195. The zero-order valence-corrected chi connectivity index (χ0v) is 27.3. The van der Waals surface area contributed by atoms with Crippen molar-refractivity contribution >= 4 is 43.5 Å². The first-order valence-electron chi connectivity index (χ1n) is 16.9. The van der Waals surface area contributed by atoms with Gasteiger partial charge in [0, 0.05) is 39.5 Å². The highest BCUT2D eigenvalue weighted by Gasteiger charge is 2.39. The van der Waals surface area contributed by atoms with Crippen molar-refractivity contribution in [3.05, 3.63) is 163 Å². The summed E-state index contributed by atoms with van der Waals surface area (Å²) in [6.07, 6.45) is 3.69. The molecule has 0 saturated carbocycles. The monoisotopic (exact) mass is 625 g/mol. The lowest BCUT2D eigenvalue weighted by Gasteiger charge is -2.25. The first-order chi connectivity index (χ1) is 24.1. The van der Waals surface area contributed by atoms with Crippen molar-refractivity contribution < 1.29 is 0 Å². The Balaban J connectivity index is 1.15. The molecule has 0 unspecified atom stereocenters. The maximum absolute atomic E-state index is 5.36. The number of aromatic nitrogens is 3. The number of hydrogen-bond donors (Lipinski definition) is 0. The van der Waals surface area contributed by atoms with E-state index in [1.165, 1.54) is 55.1 Å². The second-order valence-corrected chi connectivity index (χ2v) is 13.6. The van der Waals surface area contributed by atoms with Crippen LogP contribution in [0.2, 0.25) is 0 Å². The number of nitrogens with zero attached hydrogens (tertiary/aromatic N) is 3. The van der Waals surface area contributed by atoms with Crippen LogP contribution in [0.3, 0.4) is 0 Å². The number of fused-ring (bicyclic) bond motifs is 9. The number of benzene rings is 6. The van der Waals surface area contributed by atoms with Gasteiger partial charge in [-0.15, -0.1) is 0 Å². The molecule has 0 spiro atoms. The van der Waals surface area contributed by atoms with E-state index in [0.717, 1.165) is 44.1 Å². The maximum Gasteiger partial charge on any atom is 0.0970 e. The van der Waals surface area contributed by atoms with Gasteiger partial charge in [-0.2, -0.15) is 0 Å².